The molecule has 11 heteroatoms. The zero-order valence-corrected chi connectivity index (χ0v) is 23.6. The zero-order valence-electron chi connectivity index (χ0n) is 22.8. The van der Waals surface area contributed by atoms with E-state index in [1.54, 1.807) is 25.1 Å². The highest BCUT2D eigenvalue weighted by Gasteiger charge is 2.34. The molecular formula is C29H34N4O6S. The predicted molar refractivity (Wildman–Crippen MR) is 153 cm³/mol. The minimum absolute atomic E-state index is 0.0442. The van der Waals surface area contributed by atoms with Crippen LogP contribution >= 0.6 is 0 Å². The van der Waals surface area contributed by atoms with Gasteiger partial charge < -0.3 is 10.2 Å². The third-order valence-corrected chi connectivity index (χ3v) is 8.33. The van der Waals surface area contributed by atoms with E-state index in [1.165, 1.54) is 41.3 Å². The molecule has 0 spiro atoms. The molecule has 1 N–H and O–H groups in total. The van der Waals surface area contributed by atoms with Crippen LogP contribution in [0, 0.1) is 10.1 Å². The van der Waals surface area contributed by atoms with E-state index in [-0.39, 0.29) is 34.8 Å². The lowest BCUT2D eigenvalue weighted by molar-refractivity contribution is -0.384. The molecule has 0 unspecified atom stereocenters. The molecule has 0 aliphatic carbocycles. The third kappa shape index (κ3) is 7.44. The number of rotatable bonds is 13. The van der Waals surface area contributed by atoms with Gasteiger partial charge in [-0.05, 0) is 49.6 Å². The molecule has 0 saturated heterocycles. The first-order chi connectivity index (χ1) is 19.1. The predicted octanol–water partition coefficient (Wildman–Crippen LogP) is 4.51. The number of nitrogens with zero attached hydrogens (tertiary/aromatic N) is 3. The summed E-state index contributed by atoms with van der Waals surface area (Å²) in [5, 5.41) is 14.1. The third-order valence-electron chi connectivity index (χ3n) is 6.54. The average molecular weight is 567 g/mol. The summed E-state index contributed by atoms with van der Waals surface area (Å²) in [6.07, 6.45) is 1.02. The van der Waals surface area contributed by atoms with Crippen molar-refractivity contribution in [3.63, 3.8) is 0 Å². The second-order valence-electron chi connectivity index (χ2n) is 9.35. The van der Waals surface area contributed by atoms with Crippen molar-refractivity contribution < 1.29 is 22.9 Å². The average Bonchev–Trinajstić information content (AvgIpc) is 2.96. The minimum atomic E-state index is -4.25. The standard InChI is InChI=1S/C29H34N4O6S/c1-4-22(3)30-29(35)27(5-2)31(20-23-12-8-6-9-13-23)28(34)21-32(24-16-18-25(19-17-24)33(36)37)40(38,39)26-14-10-7-11-15-26/h6-19,22,27H,4-5,20-21H2,1-3H3,(H,30,35)/t22-,27+/m0/s1. The van der Waals surface area contributed by atoms with E-state index in [4.69, 9.17) is 0 Å². The summed E-state index contributed by atoms with van der Waals surface area (Å²) in [5.41, 5.74) is 0.642. The van der Waals surface area contributed by atoms with Crippen LogP contribution in [0.3, 0.4) is 0 Å². The summed E-state index contributed by atoms with van der Waals surface area (Å²) in [4.78, 5) is 39.2. The lowest BCUT2D eigenvalue weighted by Gasteiger charge is -2.33. The van der Waals surface area contributed by atoms with Gasteiger partial charge in [0.25, 0.3) is 15.7 Å². The van der Waals surface area contributed by atoms with Crippen LogP contribution < -0.4 is 9.62 Å². The van der Waals surface area contributed by atoms with Crippen molar-refractivity contribution in [2.45, 2.75) is 57.1 Å². The number of hydrogen-bond donors (Lipinski definition) is 1. The van der Waals surface area contributed by atoms with Crippen molar-refractivity contribution in [1.82, 2.24) is 10.2 Å². The molecule has 0 aliphatic rings. The maximum Gasteiger partial charge on any atom is 0.269 e. The van der Waals surface area contributed by atoms with Crippen LogP contribution in [0.4, 0.5) is 11.4 Å². The van der Waals surface area contributed by atoms with Crippen LogP contribution in [0.2, 0.25) is 0 Å². The van der Waals surface area contributed by atoms with E-state index < -0.39 is 33.4 Å². The number of benzene rings is 3. The number of anilines is 1. The van der Waals surface area contributed by atoms with Gasteiger partial charge in [-0.3, -0.25) is 24.0 Å². The lowest BCUT2D eigenvalue weighted by Crippen LogP contribution is -2.53. The SMILES string of the molecule is CC[C@H](C(=O)N[C@@H](C)CC)N(Cc1ccccc1)C(=O)CN(c1ccc([N+](=O)[O-])cc1)S(=O)(=O)c1ccccc1. The highest BCUT2D eigenvalue weighted by molar-refractivity contribution is 7.92. The van der Waals surface area contributed by atoms with Crippen LogP contribution in [0.1, 0.15) is 39.2 Å². The Morgan fingerprint density at radius 2 is 1.48 bits per heavy atom. The molecule has 212 valence electrons. The van der Waals surface area contributed by atoms with Gasteiger partial charge in [-0.2, -0.15) is 0 Å². The smallest absolute Gasteiger partial charge is 0.269 e. The van der Waals surface area contributed by atoms with E-state index in [9.17, 15) is 28.1 Å². The van der Waals surface area contributed by atoms with Crippen LogP contribution in [0.5, 0.6) is 0 Å². The van der Waals surface area contributed by atoms with Gasteiger partial charge in [0.05, 0.1) is 15.5 Å². The first-order valence-electron chi connectivity index (χ1n) is 13.0. The second-order valence-corrected chi connectivity index (χ2v) is 11.2. The topological polar surface area (TPSA) is 130 Å². The summed E-state index contributed by atoms with van der Waals surface area (Å²) in [5.74, 6) is -0.915. The van der Waals surface area contributed by atoms with E-state index in [0.717, 1.165) is 9.87 Å². The molecule has 40 heavy (non-hydrogen) atoms. The van der Waals surface area contributed by atoms with E-state index in [1.807, 2.05) is 44.2 Å². The number of amides is 2. The highest BCUT2D eigenvalue weighted by Crippen LogP contribution is 2.26. The van der Waals surface area contributed by atoms with Crippen molar-refractivity contribution in [3.05, 3.63) is 101 Å². The van der Waals surface area contributed by atoms with Crippen molar-refractivity contribution >= 4 is 33.2 Å². The number of nitro groups is 1. The Kier molecular flexibility index (Phi) is 10.4. The summed E-state index contributed by atoms with van der Waals surface area (Å²) in [7, 11) is -4.25. The fourth-order valence-electron chi connectivity index (χ4n) is 4.13. The normalized spacial score (nSPS) is 12.7. The number of sulfonamides is 1. The van der Waals surface area contributed by atoms with Gasteiger partial charge in [0, 0.05) is 24.7 Å². The maximum absolute atomic E-state index is 14.0. The monoisotopic (exact) mass is 566 g/mol. The van der Waals surface area contributed by atoms with Crippen molar-refractivity contribution in [1.29, 1.82) is 0 Å². The van der Waals surface area contributed by atoms with E-state index in [2.05, 4.69) is 5.32 Å². The summed E-state index contributed by atoms with van der Waals surface area (Å²) in [6.45, 7) is 5.08. The number of carbonyl (C=O) groups is 2. The van der Waals surface area contributed by atoms with Crippen LogP contribution in [-0.2, 0) is 26.2 Å². The number of hydrogen-bond acceptors (Lipinski definition) is 6. The van der Waals surface area contributed by atoms with Gasteiger partial charge in [-0.15, -0.1) is 0 Å². The minimum Gasteiger partial charge on any atom is -0.352 e. The molecule has 0 heterocycles. The molecule has 0 radical (unpaired) electrons. The number of carbonyl (C=O) groups excluding carboxylic acids is 2. The number of non-ortho nitro benzene ring substituents is 1. The van der Waals surface area contributed by atoms with Crippen LogP contribution in [-0.4, -0.2) is 48.7 Å². The van der Waals surface area contributed by atoms with Gasteiger partial charge in [-0.1, -0.05) is 62.4 Å². The Bertz CT molecular complexity index is 1400. The van der Waals surface area contributed by atoms with Gasteiger partial charge >= 0.3 is 0 Å². The molecule has 3 rings (SSSR count). The fourth-order valence-corrected chi connectivity index (χ4v) is 5.56. The van der Waals surface area contributed by atoms with Crippen LogP contribution in [0.15, 0.2) is 89.8 Å². The Labute approximate surface area is 234 Å². The molecule has 3 aromatic rings. The fraction of sp³-hybridized carbons (Fsp3) is 0.310. The number of nitro benzene ring substituents is 1. The van der Waals surface area contributed by atoms with Gasteiger partial charge in [0.15, 0.2) is 0 Å². The zero-order chi connectivity index (χ0) is 29.3. The lowest BCUT2D eigenvalue weighted by atomic mass is 10.1. The quantitative estimate of drug-likeness (QED) is 0.239. The van der Waals surface area contributed by atoms with Crippen molar-refractivity contribution in [2.75, 3.05) is 10.8 Å². The summed E-state index contributed by atoms with van der Waals surface area (Å²) < 4.78 is 28.5. The molecular weight excluding hydrogens is 532 g/mol. The molecule has 2 atom stereocenters. The molecule has 10 nitrogen and oxygen atoms in total. The maximum atomic E-state index is 14.0. The molecule has 0 saturated carbocycles. The first-order valence-corrected chi connectivity index (χ1v) is 14.5. The molecule has 2 amide bonds. The summed E-state index contributed by atoms with van der Waals surface area (Å²) >= 11 is 0. The first kappa shape index (κ1) is 30.3. The second kappa shape index (κ2) is 13.7. The molecule has 0 fully saturated rings. The Morgan fingerprint density at radius 1 is 0.900 bits per heavy atom. The van der Waals surface area contributed by atoms with Gasteiger partial charge in [-0.25, -0.2) is 8.42 Å². The van der Waals surface area contributed by atoms with Gasteiger partial charge in [0.1, 0.15) is 12.6 Å². The molecule has 0 bridgehead atoms. The van der Waals surface area contributed by atoms with Crippen LogP contribution in [0.25, 0.3) is 0 Å². The highest BCUT2D eigenvalue weighted by atomic mass is 32.2. The summed E-state index contributed by atoms with van der Waals surface area (Å²) in [6, 6.07) is 20.8. The van der Waals surface area contributed by atoms with E-state index >= 15 is 0 Å². The van der Waals surface area contributed by atoms with Gasteiger partial charge in [0.2, 0.25) is 11.8 Å². The Morgan fingerprint density at radius 3 is 2.00 bits per heavy atom. The molecule has 3 aromatic carbocycles. The Balaban J connectivity index is 2.05. The molecule has 0 aliphatic heterocycles. The Hall–Kier alpha value is -4.25. The largest absolute Gasteiger partial charge is 0.352 e. The van der Waals surface area contributed by atoms with Crippen molar-refractivity contribution in [3.8, 4) is 0 Å². The van der Waals surface area contributed by atoms with E-state index in [0.29, 0.717) is 12.8 Å². The van der Waals surface area contributed by atoms with Crippen molar-refractivity contribution in [2.24, 2.45) is 0 Å². The molecule has 0 aromatic heterocycles. The number of nitrogens with one attached hydrogen (secondary N) is 1.